The first kappa shape index (κ1) is 27.8. The Morgan fingerprint density at radius 1 is 1.15 bits per heavy atom. The smallest absolute Gasteiger partial charge is 0.309 e. The van der Waals surface area contributed by atoms with Crippen molar-refractivity contribution in [1.82, 2.24) is 15.0 Å². The number of carbonyl (C=O) groups is 2. The number of rotatable bonds is 11. The van der Waals surface area contributed by atoms with E-state index < -0.39 is 11.4 Å². The summed E-state index contributed by atoms with van der Waals surface area (Å²) in [5.41, 5.74) is 0.880. The van der Waals surface area contributed by atoms with Crippen LogP contribution in [0.25, 0.3) is 0 Å². The minimum Gasteiger partial charge on any atom is -0.488 e. The molecule has 1 aromatic carbocycles. The Morgan fingerprint density at radius 2 is 1.92 bits per heavy atom. The molecular formula is C29H35N5O5. The highest BCUT2D eigenvalue weighted by Crippen LogP contribution is 2.28. The summed E-state index contributed by atoms with van der Waals surface area (Å²) in [6, 6.07) is 11.1. The topological polar surface area (TPSA) is 127 Å². The number of carboxylic acid groups (broad SMARTS) is 1. The SMILES string of the molecule is CCOc1cccnc1O[C@@H]1CCCN(c2cncc(NC(=O)Cc3ccc(CC(C)(C)C(=O)O)cc3)n2)C1. The monoisotopic (exact) mass is 533 g/mol. The van der Waals surface area contributed by atoms with E-state index in [0.717, 1.165) is 30.5 Å². The molecule has 1 aliphatic rings. The molecule has 0 saturated carbocycles. The lowest BCUT2D eigenvalue weighted by Gasteiger charge is -2.33. The second-order valence-corrected chi connectivity index (χ2v) is 10.2. The van der Waals surface area contributed by atoms with E-state index in [0.29, 0.717) is 42.8 Å². The van der Waals surface area contributed by atoms with Crippen LogP contribution in [0.4, 0.5) is 11.6 Å². The van der Waals surface area contributed by atoms with Gasteiger partial charge in [0.25, 0.3) is 5.88 Å². The number of nitrogens with zero attached hydrogens (tertiary/aromatic N) is 4. The zero-order chi connectivity index (χ0) is 27.8. The van der Waals surface area contributed by atoms with Crippen molar-refractivity contribution < 1.29 is 24.2 Å². The molecule has 10 nitrogen and oxygen atoms in total. The molecule has 206 valence electrons. The molecule has 4 rings (SSSR count). The van der Waals surface area contributed by atoms with Gasteiger partial charge in [0.05, 0.1) is 37.4 Å². The van der Waals surface area contributed by atoms with Gasteiger partial charge in [-0.1, -0.05) is 24.3 Å². The number of carboxylic acids is 1. The van der Waals surface area contributed by atoms with Gasteiger partial charge in [0.2, 0.25) is 5.91 Å². The van der Waals surface area contributed by atoms with E-state index in [1.807, 2.05) is 43.3 Å². The Kier molecular flexibility index (Phi) is 8.96. The highest BCUT2D eigenvalue weighted by molar-refractivity contribution is 5.91. The lowest BCUT2D eigenvalue weighted by molar-refractivity contribution is -0.146. The number of aromatic nitrogens is 3. The van der Waals surface area contributed by atoms with Gasteiger partial charge < -0.3 is 24.8 Å². The number of hydrogen-bond donors (Lipinski definition) is 2. The standard InChI is InChI=1S/C29H35N5O5/c1-4-38-23-8-5-13-31-27(23)39-22-7-6-14-34(19-22)25-18-30-17-24(32-25)33-26(35)15-20-9-11-21(12-10-20)16-29(2,3)28(36)37/h5,8-13,17-18,22H,4,6-7,14-16,19H2,1-3H3,(H,36,37)(H,32,33,35)/t22-/m1/s1. The van der Waals surface area contributed by atoms with Gasteiger partial charge in [-0.05, 0) is 63.3 Å². The van der Waals surface area contributed by atoms with E-state index in [9.17, 15) is 14.7 Å². The van der Waals surface area contributed by atoms with Gasteiger partial charge in [0.15, 0.2) is 11.6 Å². The number of piperidine rings is 1. The summed E-state index contributed by atoms with van der Waals surface area (Å²) < 4.78 is 11.8. The number of anilines is 2. The Bertz CT molecular complexity index is 1280. The van der Waals surface area contributed by atoms with Crippen LogP contribution in [0.1, 0.15) is 44.7 Å². The molecule has 1 atom stereocenters. The van der Waals surface area contributed by atoms with Crippen molar-refractivity contribution in [3.05, 3.63) is 66.1 Å². The summed E-state index contributed by atoms with van der Waals surface area (Å²) in [5.74, 6) is 1.10. The van der Waals surface area contributed by atoms with Crippen molar-refractivity contribution in [3.63, 3.8) is 0 Å². The fourth-order valence-corrected chi connectivity index (χ4v) is 4.43. The number of pyridine rings is 1. The third kappa shape index (κ3) is 7.66. The van der Waals surface area contributed by atoms with Crippen molar-refractivity contribution in [2.24, 2.45) is 5.41 Å². The summed E-state index contributed by atoms with van der Waals surface area (Å²) in [6.07, 6.45) is 7.19. The Labute approximate surface area is 228 Å². The van der Waals surface area contributed by atoms with Gasteiger partial charge in [-0.3, -0.25) is 14.6 Å². The first-order valence-corrected chi connectivity index (χ1v) is 13.2. The fraction of sp³-hybridized carbons (Fsp3) is 0.414. The molecule has 2 aromatic heterocycles. The fourth-order valence-electron chi connectivity index (χ4n) is 4.43. The first-order valence-electron chi connectivity index (χ1n) is 13.2. The molecule has 1 aliphatic heterocycles. The van der Waals surface area contributed by atoms with Crippen LogP contribution in [-0.4, -0.2) is 57.7 Å². The summed E-state index contributed by atoms with van der Waals surface area (Å²) in [4.78, 5) is 39.4. The molecule has 3 heterocycles. The highest BCUT2D eigenvalue weighted by Gasteiger charge is 2.27. The zero-order valence-corrected chi connectivity index (χ0v) is 22.6. The predicted molar refractivity (Wildman–Crippen MR) is 147 cm³/mol. The quantitative estimate of drug-likeness (QED) is 0.374. The summed E-state index contributed by atoms with van der Waals surface area (Å²) >= 11 is 0. The molecule has 0 unspecified atom stereocenters. The number of hydrogen-bond acceptors (Lipinski definition) is 8. The molecule has 1 fully saturated rings. The van der Waals surface area contributed by atoms with Crippen LogP contribution in [0.3, 0.4) is 0 Å². The second-order valence-electron chi connectivity index (χ2n) is 10.2. The molecule has 0 bridgehead atoms. The van der Waals surface area contributed by atoms with Crippen LogP contribution in [0.15, 0.2) is 55.0 Å². The number of amides is 1. The maximum atomic E-state index is 12.7. The molecule has 39 heavy (non-hydrogen) atoms. The van der Waals surface area contributed by atoms with Crippen molar-refractivity contribution in [1.29, 1.82) is 0 Å². The van der Waals surface area contributed by atoms with Gasteiger partial charge in [-0.25, -0.2) is 9.97 Å². The van der Waals surface area contributed by atoms with Crippen LogP contribution in [-0.2, 0) is 22.4 Å². The van der Waals surface area contributed by atoms with Gasteiger partial charge in [0, 0.05) is 12.7 Å². The van der Waals surface area contributed by atoms with Crippen molar-refractivity contribution in [2.75, 3.05) is 29.9 Å². The van der Waals surface area contributed by atoms with Crippen LogP contribution in [0, 0.1) is 5.41 Å². The minimum absolute atomic E-state index is 0.0862. The molecule has 10 heteroatoms. The molecule has 1 amide bonds. The van der Waals surface area contributed by atoms with E-state index >= 15 is 0 Å². The van der Waals surface area contributed by atoms with E-state index in [-0.39, 0.29) is 18.4 Å². The largest absolute Gasteiger partial charge is 0.488 e. The summed E-state index contributed by atoms with van der Waals surface area (Å²) in [6.45, 7) is 7.26. The van der Waals surface area contributed by atoms with Crippen LogP contribution in [0.5, 0.6) is 11.6 Å². The molecule has 0 radical (unpaired) electrons. The van der Waals surface area contributed by atoms with E-state index in [1.165, 1.54) is 6.20 Å². The average Bonchev–Trinajstić information content (AvgIpc) is 2.91. The zero-order valence-electron chi connectivity index (χ0n) is 22.6. The molecule has 0 aliphatic carbocycles. The Morgan fingerprint density at radius 3 is 2.67 bits per heavy atom. The molecule has 3 aromatic rings. The lowest BCUT2D eigenvalue weighted by Crippen LogP contribution is -2.41. The molecule has 1 saturated heterocycles. The number of carbonyl (C=O) groups excluding carboxylic acids is 1. The highest BCUT2D eigenvalue weighted by atomic mass is 16.5. The average molecular weight is 534 g/mol. The number of benzene rings is 1. The lowest BCUT2D eigenvalue weighted by atomic mass is 9.86. The second kappa shape index (κ2) is 12.6. The maximum Gasteiger partial charge on any atom is 0.309 e. The summed E-state index contributed by atoms with van der Waals surface area (Å²) in [7, 11) is 0. The molecule has 0 spiro atoms. The Balaban J connectivity index is 1.34. The van der Waals surface area contributed by atoms with Crippen molar-refractivity contribution in [2.45, 2.75) is 52.6 Å². The van der Waals surface area contributed by atoms with E-state index in [1.54, 1.807) is 26.2 Å². The van der Waals surface area contributed by atoms with Crippen molar-refractivity contribution in [3.8, 4) is 11.6 Å². The van der Waals surface area contributed by atoms with Crippen LogP contribution < -0.4 is 19.7 Å². The van der Waals surface area contributed by atoms with E-state index in [4.69, 9.17) is 9.47 Å². The Hall–Kier alpha value is -4.21. The van der Waals surface area contributed by atoms with E-state index in [2.05, 4.69) is 25.2 Å². The number of ether oxygens (including phenoxy) is 2. The first-order chi connectivity index (χ1) is 18.7. The predicted octanol–water partition coefficient (Wildman–Crippen LogP) is 4.15. The van der Waals surface area contributed by atoms with Gasteiger partial charge in [0.1, 0.15) is 11.9 Å². The molecular weight excluding hydrogens is 498 g/mol. The number of nitrogens with one attached hydrogen (secondary N) is 1. The van der Waals surface area contributed by atoms with Gasteiger partial charge >= 0.3 is 5.97 Å². The van der Waals surface area contributed by atoms with Gasteiger partial charge in [-0.2, -0.15) is 0 Å². The normalized spacial score (nSPS) is 15.5. The number of aliphatic carboxylic acids is 1. The van der Waals surface area contributed by atoms with Gasteiger partial charge in [-0.15, -0.1) is 0 Å². The van der Waals surface area contributed by atoms with Crippen molar-refractivity contribution >= 4 is 23.5 Å². The van der Waals surface area contributed by atoms with Crippen LogP contribution >= 0.6 is 0 Å². The summed E-state index contributed by atoms with van der Waals surface area (Å²) in [5, 5.41) is 12.2. The third-order valence-corrected chi connectivity index (χ3v) is 6.52. The third-order valence-electron chi connectivity index (χ3n) is 6.52. The maximum absolute atomic E-state index is 12.7. The molecule has 2 N–H and O–H groups in total. The van der Waals surface area contributed by atoms with Crippen LogP contribution in [0.2, 0.25) is 0 Å². The minimum atomic E-state index is -0.853.